The molecule has 0 radical (unpaired) electrons. The lowest BCUT2D eigenvalue weighted by Gasteiger charge is -2.27. The molecule has 4 rings (SSSR count). The maximum atomic E-state index is 12.7. The Morgan fingerprint density at radius 2 is 0.950 bits per heavy atom. The molecule has 2 aromatic carbocycles. The molecule has 218 valence electrons. The summed E-state index contributed by atoms with van der Waals surface area (Å²) in [5.41, 5.74) is 3.92. The number of hydrogen-bond acceptors (Lipinski definition) is 6. The van der Waals surface area contributed by atoms with E-state index in [1.807, 2.05) is 0 Å². The van der Waals surface area contributed by atoms with Gasteiger partial charge in [-0.25, -0.2) is 0 Å². The molecule has 2 aromatic rings. The highest BCUT2D eigenvalue weighted by molar-refractivity contribution is 5.75. The van der Waals surface area contributed by atoms with Gasteiger partial charge >= 0.3 is 11.9 Å². The number of esters is 2. The number of ether oxygens (including phenoxy) is 2. The van der Waals surface area contributed by atoms with Gasteiger partial charge in [-0.1, -0.05) is 48.5 Å². The van der Waals surface area contributed by atoms with E-state index < -0.39 is 0 Å². The van der Waals surface area contributed by atoms with Crippen molar-refractivity contribution in [2.75, 3.05) is 13.2 Å². The summed E-state index contributed by atoms with van der Waals surface area (Å²) in [4.78, 5) is 25.4. The maximum absolute atomic E-state index is 12.7. The molecular weight excluding hydrogens is 500 g/mol. The molecule has 2 fully saturated rings. The summed E-state index contributed by atoms with van der Waals surface area (Å²) < 4.78 is 11.3. The molecule has 2 saturated heterocycles. The van der Waals surface area contributed by atoms with Crippen LogP contribution in [-0.2, 0) is 31.9 Å². The van der Waals surface area contributed by atoms with Gasteiger partial charge in [0.2, 0.25) is 0 Å². The molecule has 0 bridgehead atoms. The summed E-state index contributed by atoms with van der Waals surface area (Å²) in [7, 11) is 0. The SMILES string of the molecule is CC1(C)CC(C(=O)OCCc2ccc(-c3ccc(CCOC(=O)C4CC(C)(C)NC4(C)C)cc3)cc2)C(C)(C)N1. The van der Waals surface area contributed by atoms with E-state index in [1.165, 1.54) is 0 Å². The van der Waals surface area contributed by atoms with Gasteiger partial charge in [-0.15, -0.1) is 0 Å². The lowest BCUT2D eigenvalue weighted by molar-refractivity contribution is -0.151. The molecule has 6 nitrogen and oxygen atoms in total. The summed E-state index contributed by atoms with van der Waals surface area (Å²) in [6, 6.07) is 16.8. The molecule has 2 atom stereocenters. The molecule has 2 aliphatic heterocycles. The lowest BCUT2D eigenvalue weighted by Crippen LogP contribution is -2.46. The Balaban J connectivity index is 1.22. The van der Waals surface area contributed by atoms with Crippen molar-refractivity contribution in [3.8, 4) is 11.1 Å². The Bertz CT molecular complexity index is 1100. The number of carbonyl (C=O) groups is 2. The minimum absolute atomic E-state index is 0.0595. The van der Waals surface area contributed by atoms with E-state index in [-0.39, 0.29) is 45.9 Å². The smallest absolute Gasteiger partial charge is 0.310 e. The van der Waals surface area contributed by atoms with E-state index in [2.05, 4.69) is 115 Å². The zero-order valence-corrected chi connectivity index (χ0v) is 25.6. The molecule has 2 N–H and O–H groups in total. The number of rotatable bonds is 9. The van der Waals surface area contributed by atoms with Crippen LogP contribution in [0.3, 0.4) is 0 Å². The van der Waals surface area contributed by atoms with E-state index in [4.69, 9.17) is 9.47 Å². The molecule has 6 heteroatoms. The van der Waals surface area contributed by atoms with E-state index in [9.17, 15) is 9.59 Å². The fourth-order valence-corrected chi connectivity index (χ4v) is 6.78. The van der Waals surface area contributed by atoms with Gasteiger partial charge in [0.1, 0.15) is 0 Å². The molecule has 0 amide bonds. The summed E-state index contributed by atoms with van der Waals surface area (Å²) in [6.45, 7) is 17.6. The number of nitrogens with one attached hydrogen (secondary N) is 2. The van der Waals surface area contributed by atoms with Gasteiger partial charge in [0.05, 0.1) is 25.0 Å². The highest BCUT2D eigenvalue weighted by atomic mass is 16.5. The molecule has 0 saturated carbocycles. The molecule has 0 aliphatic carbocycles. The van der Waals surface area contributed by atoms with E-state index in [0.717, 1.165) is 35.1 Å². The standard InChI is InChI=1S/C34H48N2O4/c1-31(2)21-27(33(5,6)35-31)29(37)39-19-17-23-9-13-25(14-10-23)26-15-11-24(12-16-26)18-20-40-30(38)28-22-32(3,4)36-34(28,7)8/h9-16,27-28,35-36H,17-22H2,1-8H3. The van der Waals surface area contributed by atoms with E-state index >= 15 is 0 Å². The van der Waals surface area contributed by atoms with Crippen LogP contribution >= 0.6 is 0 Å². The van der Waals surface area contributed by atoms with E-state index in [0.29, 0.717) is 26.1 Å². The third kappa shape index (κ3) is 7.32. The van der Waals surface area contributed by atoms with Gasteiger partial charge in [0, 0.05) is 35.0 Å². The van der Waals surface area contributed by atoms with Gasteiger partial charge in [0.25, 0.3) is 0 Å². The zero-order valence-electron chi connectivity index (χ0n) is 25.6. The normalized spacial score (nSPS) is 24.0. The van der Waals surface area contributed by atoms with Crippen LogP contribution in [0.2, 0.25) is 0 Å². The average molecular weight is 549 g/mol. The molecule has 0 spiro atoms. The minimum Gasteiger partial charge on any atom is -0.465 e. The largest absolute Gasteiger partial charge is 0.465 e. The topological polar surface area (TPSA) is 76.7 Å². The second-order valence-electron chi connectivity index (χ2n) is 14.2. The van der Waals surface area contributed by atoms with Crippen LogP contribution in [0.1, 0.15) is 79.4 Å². The first kappa shape index (κ1) is 30.3. The Hall–Kier alpha value is -2.70. The monoisotopic (exact) mass is 548 g/mol. The van der Waals surface area contributed by atoms with Crippen LogP contribution in [0.4, 0.5) is 0 Å². The summed E-state index contributed by atoms with van der Waals surface area (Å²) in [5, 5.41) is 7.08. The third-order valence-corrected chi connectivity index (χ3v) is 8.57. The van der Waals surface area contributed by atoms with Crippen molar-refractivity contribution in [3.05, 3.63) is 59.7 Å². The summed E-state index contributed by atoms with van der Waals surface area (Å²) >= 11 is 0. The predicted molar refractivity (Wildman–Crippen MR) is 160 cm³/mol. The van der Waals surface area contributed by atoms with Gasteiger partial charge in [-0.2, -0.15) is 0 Å². The van der Waals surface area contributed by atoms with Crippen molar-refractivity contribution < 1.29 is 19.1 Å². The average Bonchev–Trinajstić information content (AvgIpc) is 3.23. The van der Waals surface area contributed by atoms with Gasteiger partial charge in [-0.05, 0) is 90.5 Å². The fourth-order valence-electron chi connectivity index (χ4n) is 6.78. The van der Waals surface area contributed by atoms with Crippen LogP contribution in [0, 0.1) is 11.8 Å². The quantitative estimate of drug-likeness (QED) is 0.383. The van der Waals surface area contributed by atoms with Crippen molar-refractivity contribution in [1.29, 1.82) is 0 Å². The highest BCUT2D eigenvalue weighted by Gasteiger charge is 2.49. The second kappa shape index (κ2) is 11.3. The third-order valence-electron chi connectivity index (χ3n) is 8.57. The first-order chi connectivity index (χ1) is 18.6. The summed E-state index contributed by atoms with van der Waals surface area (Å²) in [5.74, 6) is -0.496. The maximum Gasteiger partial charge on any atom is 0.310 e. The van der Waals surface area contributed by atoms with Crippen LogP contribution in [0.15, 0.2) is 48.5 Å². The number of hydrogen-bond donors (Lipinski definition) is 2. The Morgan fingerprint density at radius 3 is 1.23 bits per heavy atom. The number of benzene rings is 2. The Kier molecular flexibility index (Phi) is 8.54. The molecule has 2 heterocycles. The molecule has 0 aromatic heterocycles. The van der Waals surface area contributed by atoms with E-state index in [1.54, 1.807) is 0 Å². The zero-order chi connectivity index (χ0) is 29.3. The van der Waals surface area contributed by atoms with Crippen LogP contribution in [-0.4, -0.2) is 47.3 Å². The van der Waals surface area contributed by atoms with Crippen LogP contribution < -0.4 is 10.6 Å². The van der Waals surface area contributed by atoms with Gasteiger partial charge in [0.15, 0.2) is 0 Å². The van der Waals surface area contributed by atoms with Crippen molar-refractivity contribution in [2.24, 2.45) is 11.8 Å². The molecule has 2 unspecified atom stereocenters. The van der Waals surface area contributed by atoms with Crippen molar-refractivity contribution in [1.82, 2.24) is 10.6 Å². The summed E-state index contributed by atoms with van der Waals surface area (Å²) in [6.07, 6.45) is 2.96. The van der Waals surface area contributed by atoms with Crippen molar-refractivity contribution >= 4 is 11.9 Å². The van der Waals surface area contributed by atoms with Crippen LogP contribution in [0.25, 0.3) is 11.1 Å². The Labute approximate surface area is 240 Å². The first-order valence-corrected chi connectivity index (χ1v) is 14.7. The van der Waals surface area contributed by atoms with Crippen LogP contribution in [0.5, 0.6) is 0 Å². The lowest BCUT2D eigenvalue weighted by atomic mass is 9.87. The van der Waals surface area contributed by atoms with Gasteiger partial charge in [-0.3, -0.25) is 9.59 Å². The Morgan fingerprint density at radius 1 is 0.625 bits per heavy atom. The number of carbonyl (C=O) groups excluding carboxylic acids is 2. The highest BCUT2D eigenvalue weighted by Crippen LogP contribution is 2.37. The van der Waals surface area contributed by atoms with Crippen molar-refractivity contribution in [2.45, 2.75) is 103 Å². The predicted octanol–water partition coefficient (Wildman–Crippen LogP) is 5.86. The fraction of sp³-hybridized carbons (Fsp3) is 0.588. The first-order valence-electron chi connectivity index (χ1n) is 14.7. The van der Waals surface area contributed by atoms with Gasteiger partial charge < -0.3 is 20.1 Å². The van der Waals surface area contributed by atoms with Crippen molar-refractivity contribution in [3.63, 3.8) is 0 Å². The molecule has 2 aliphatic rings. The second-order valence-corrected chi connectivity index (χ2v) is 14.2. The molecule has 40 heavy (non-hydrogen) atoms. The molecular formula is C34H48N2O4. The minimum atomic E-state index is -0.260.